The predicted molar refractivity (Wildman–Crippen MR) is 73.3 cm³/mol. The maximum atomic E-state index is 13.7. The standard InChI is InChI=1S/C14H11F2N3O2/c15-9-5-2-1-4-8(9)14(20)18-11-7-3-6-10(16)12(11)13(17)19-21/h1-7,21H,(H2,17,19)(H,18,20). The molecule has 1 amide bonds. The van der Waals surface area contributed by atoms with Crippen molar-refractivity contribution in [1.29, 1.82) is 0 Å². The van der Waals surface area contributed by atoms with Crippen LogP contribution in [0.2, 0.25) is 0 Å². The molecule has 0 aliphatic heterocycles. The van der Waals surface area contributed by atoms with E-state index in [9.17, 15) is 13.6 Å². The van der Waals surface area contributed by atoms with Crippen molar-refractivity contribution in [2.75, 3.05) is 5.32 Å². The summed E-state index contributed by atoms with van der Waals surface area (Å²) in [4.78, 5) is 12.0. The third-order valence-electron chi connectivity index (χ3n) is 2.74. The molecule has 0 saturated carbocycles. The van der Waals surface area contributed by atoms with Gasteiger partial charge in [-0.3, -0.25) is 4.79 Å². The highest BCUT2D eigenvalue weighted by Gasteiger charge is 2.17. The number of nitrogens with zero attached hydrogens (tertiary/aromatic N) is 1. The van der Waals surface area contributed by atoms with E-state index in [0.29, 0.717) is 0 Å². The molecule has 0 spiro atoms. The van der Waals surface area contributed by atoms with Crippen LogP contribution in [-0.4, -0.2) is 17.0 Å². The number of carbonyl (C=O) groups is 1. The first-order valence-corrected chi connectivity index (χ1v) is 5.87. The summed E-state index contributed by atoms with van der Waals surface area (Å²) >= 11 is 0. The van der Waals surface area contributed by atoms with Crippen LogP contribution < -0.4 is 11.1 Å². The molecule has 0 unspecified atom stereocenters. The number of hydrogen-bond donors (Lipinski definition) is 3. The average molecular weight is 291 g/mol. The number of anilines is 1. The van der Waals surface area contributed by atoms with Crippen molar-refractivity contribution in [3.63, 3.8) is 0 Å². The highest BCUT2D eigenvalue weighted by atomic mass is 19.1. The van der Waals surface area contributed by atoms with Gasteiger partial charge in [0.15, 0.2) is 5.84 Å². The lowest BCUT2D eigenvalue weighted by Crippen LogP contribution is -2.21. The lowest BCUT2D eigenvalue weighted by molar-refractivity contribution is 0.102. The first kappa shape index (κ1) is 14.4. The van der Waals surface area contributed by atoms with Crippen molar-refractivity contribution in [1.82, 2.24) is 0 Å². The molecule has 21 heavy (non-hydrogen) atoms. The number of halogens is 2. The van der Waals surface area contributed by atoms with Crippen molar-refractivity contribution in [3.05, 3.63) is 65.2 Å². The fraction of sp³-hybridized carbons (Fsp3) is 0. The first-order valence-electron chi connectivity index (χ1n) is 5.87. The van der Waals surface area contributed by atoms with Crippen molar-refractivity contribution < 1.29 is 18.8 Å². The molecule has 0 atom stereocenters. The zero-order valence-electron chi connectivity index (χ0n) is 10.7. The van der Waals surface area contributed by atoms with Crippen LogP contribution >= 0.6 is 0 Å². The van der Waals surface area contributed by atoms with E-state index >= 15 is 0 Å². The molecule has 0 radical (unpaired) electrons. The zero-order valence-corrected chi connectivity index (χ0v) is 10.7. The van der Waals surface area contributed by atoms with Crippen molar-refractivity contribution in [2.45, 2.75) is 0 Å². The smallest absolute Gasteiger partial charge is 0.258 e. The molecule has 0 aliphatic carbocycles. The number of nitrogens with two attached hydrogens (primary N) is 1. The van der Waals surface area contributed by atoms with Crippen molar-refractivity contribution in [3.8, 4) is 0 Å². The molecule has 5 nitrogen and oxygen atoms in total. The molecule has 2 rings (SSSR count). The third kappa shape index (κ3) is 2.97. The van der Waals surface area contributed by atoms with Gasteiger partial charge in [0.05, 0.1) is 16.8 Å². The fourth-order valence-corrected chi connectivity index (χ4v) is 1.77. The highest BCUT2D eigenvalue weighted by molar-refractivity contribution is 6.10. The SMILES string of the molecule is N/C(=N/O)c1c(F)cccc1NC(=O)c1ccccc1F. The molecule has 0 saturated heterocycles. The molecule has 2 aromatic rings. The van der Waals surface area contributed by atoms with E-state index in [1.807, 2.05) is 0 Å². The summed E-state index contributed by atoms with van der Waals surface area (Å²) in [5.41, 5.74) is 4.87. The second kappa shape index (κ2) is 6.00. The van der Waals surface area contributed by atoms with E-state index in [4.69, 9.17) is 10.9 Å². The molecule has 0 fully saturated rings. The molecule has 0 aromatic heterocycles. The second-order valence-electron chi connectivity index (χ2n) is 4.08. The van der Waals surface area contributed by atoms with Gasteiger partial charge < -0.3 is 16.3 Å². The Morgan fingerprint density at radius 3 is 2.43 bits per heavy atom. The summed E-state index contributed by atoms with van der Waals surface area (Å²) in [6, 6.07) is 9.13. The minimum atomic E-state index is -0.781. The van der Waals surface area contributed by atoms with Gasteiger partial charge in [0, 0.05) is 0 Å². The van der Waals surface area contributed by atoms with Crippen LogP contribution in [0.1, 0.15) is 15.9 Å². The number of carbonyl (C=O) groups excluding carboxylic acids is 1. The van der Waals surface area contributed by atoms with Gasteiger partial charge in [-0.2, -0.15) is 0 Å². The van der Waals surface area contributed by atoms with Gasteiger partial charge in [0.25, 0.3) is 5.91 Å². The van der Waals surface area contributed by atoms with E-state index in [2.05, 4.69) is 10.5 Å². The van der Waals surface area contributed by atoms with Crippen LogP contribution in [0.5, 0.6) is 0 Å². The number of amides is 1. The number of rotatable bonds is 3. The molecule has 0 bridgehead atoms. The summed E-state index contributed by atoms with van der Waals surface area (Å²) < 4.78 is 27.2. The molecule has 2 aromatic carbocycles. The van der Waals surface area contributed by atoms with Crippen LogP contribution in [0.15, 0.2) is 47.6 Å². The van der Waals surface area contributed by atoms with E-state index in [1.54, 1.807) is 0 Å². The van der Waals surface area contributed by atoms with Gasteiger partial charge in [-0.1, -0.05) is 23.4 Å². The Hall–Kier alpha value is -2.96. The van der Waals surface area contributed by atoms with Gasteiger partial charge >= 0.3 is 0 Å². The molecule has 0 heterocycles. The Bertz CT molecular complexity index is 717. The topological polar surface area (TPSA) is 87.7 Å². The van der Waals surface area contributed by atoms with E-state index < -0.39 is 23.4 Å². The maximum absolute atomic E-state index is 13.7. The lowest BCUT2D eigenvalue weighted by atomic mass is 10.1. The average Bonchev–Trinajstić information content (AvgIpc) is 2.47. The van der Waals surface area contributed by atoms with Crippen LogP contribution in [0.4, 0.5) is 14.5 Å². The van der Waals surface area contributed by atoms with Gasteiger partial charge in [-0.15, -0.1) is 0 Å². The summed E-state index contributed by atoms with van der Waals surface area (Å²) in [5, 5.41) is 13.7. The number of benzene rings is 2. The summed E-state index contributed by atoms with van der Waals surface area (Å²) in [7, 11) is 0. The minimum Gasteiger partial charge on any atom is -0.409 e. The second-order valence-corrected chi connectivity index (χ2v) is 4.08. The molecule has 0 aliphatic rings. The zero-order chi connectivity index (χ0) is 15.4. The van der Waals surface area contributed by atoms with Crippen molar-refractivity contribution >= 4 is 17.4 Å². The molecular weight excluding hydrogens is 280 g/mol. The Morgan fingerprint density at radius 2 is 1.76 bits per heavy atom. The largest absolute Gasteiger partial charge is 0.409 e. The monoisotopic (exact) mass is 291 g/mol. The number of nitrogens with one attached hydrogen (secondary N) is 1. The fourth-order valence-electron chi connectivity index (χ4n) is 1.77. The van der Waals surface area contributed by atoms with Gasteiger partial charge in [0.1, 0.15) is 11.6 Å². The Kier molecular flexibility index (Phi) is 4.13. The van der Waals surface area contributed by atoms with Crippen LogP contribution in [-0.2, 0) is 0 Å². The van der Waals surface area contributed by atoms with Crippen LogP contribution in [0, 0.1) is 11.6 Å². The van der Waals surface area contributed by atoms with Gasteiger partial charge in [-0.05, 0) is 24.3 Å². The molecule has 7 heteroatoms. The van der Waals surface area contributed by atoms with Crippen LogP contribution in [0.3, 0.4) is 0 Å². The van der Waals surface area contributed by atoms with E-state index in [0.717, 1.165) is 12.1 Å². The number of hydrogen-bond acceptors (Lipinski definition) is 3. The minimum absolute atomic E-state index is 0.0291. The van der Waals surface area contributed by atoms with Gasteiger partial charge in [-0.25, -0.2) is 8.78 Å². The Balaban J connectivity index is 2.39. The third-order valence-corrected chi connectivity index (χ3v) is 2.74. The first-order chi connectivity index (χ1) is 10.0. The Labute approximate surface area is 118 Å². The van der Waals surface area contributed by atoms with Crippen molar-refractivity contribution in [2.24, 2.45) is 10.9 Å². The van der Waals surface area contributed by atoms with E-state index in [-0.39, 0.29) is 16.8 Å². The maximum Gasteiger partial charge on any atom is 0.258 e. The quantitative estimate of drug-likeness (QED) is 0.351. The molecular formula is C14H11F2N3O2. The predicted octanol–water partition coefficient (Wildman–Crippen LogP) is 2.31. The highest BCUT2D eigenvalue weighted by Crippen LogP contribution is 2.20. The number of oxime groups is 1. The van der Waals surface area contributed by atoms with Gasteiger partial charge in [0.2, 0.25) is 0 Å². The van der Waals surface area contributed by atoms with E-state index in [1.165, 1.54) is 30.3 Å². The molecule has 108 valence electrons. The molecule has 4 N–H and O–H groups in total. The lowest BCUT2D eigenvalue weighted by Gasteiger charge is -2.11. The Morgan fingerprint density at radius 1 is 1.10 bits per heavy atom. The van der Waals surface area contributed by atoms with Crippen LogP contribution in [0.25, 0.3) is 0 Å². The normalized spacial score (nSPS) is 11.2. The summed E-state index contributed by atoms with van der Waals surface area (Å²) in [6.45, 7) is 0. The summed E-state index contributed by atoms with van der Waals surface area (Å²) in [5.74, 6) is -2.77. The number of amidine groups is 1. The summed E-state index contributed by atoms with van der Waals surface area (Å²) in [6.07, 6.45) is 0.